The van der Waals surface area contributed by atoms with E-state index in [4.69, 9.17) is 11.6 Å². The van der Waals surface area contributed by atoms with E-state index in [0.717, 1.165) is 31.0 Å². The molecular weight excluding hydrogens is 272 g/mol. The van der Waals surface area contributed by atoms with Crippen molar-refractivity contribution in [2.24, 2.45) is 0 Å². The van der Waals surface area contributed by atoms with E-state index >= 15 is 0 Å². The second-order valence-corrected chi connectivity index (χ2v) is 6.23. The van der Waals surface area contributed by atoms with Gasteiger partial charge >= 0.3 is 6.03 Å². The van der Waals surface area contributed by atoms with E-state index in [0.29, 0.717) is 5.92 Å². The zero-order valence-corrected chi connectivity index (χ0v) is 13.0. The van der Waals surface area contributed by atoms with Crippen LogP contribution in [0.3, 0.4) is 0 Å². The number of hydrogen-bond acceptors (Lipinski definition) is 1. The molecule has 20 heavy (non-hydrogen) atoms. The Kier molecular flexibility index (Phi) is 5.30. The van der Waals surface area contributed by atoms with Gasteiger partial charge in [0.25, 0.3) is 0 Å². The summed E-state index contributed by atoms with van der Waals surface area (Å²) in [6, 6.07) is 8.26. The number of hydrogen-bond donors (Lipinski definition) is 1. The smallest absolute Gasteiger partial charge is 0.317 e. The molecule has 1 heterocycles. The molecule has 4 heteroatoms. The number of likely N-dealkylation sites (tertiary alicyclic amines) is 1. The van der Waals surface area contributed by atoms with Gasteiger partial charge in [-0.2, -0.15) is 0 Å². The average Bonchev–Trinajstić information content (AvgIpc) is 2.64. The second kappa shape index (κ2) is 6.98. The summed E-state index contributed by atoms with van der Waals surface area (Å²) in [5, 5.41) is 3.75. The molecule has 1 aromatic carbocycles. The van der Waals surface area contributed by atoms with Crippen LogP contribution in [-0.2, 0) is 0 Å². The third-order valence-corrected chi connectivity index (χ3v) is 3.96. The Bertz CT molecular complexity index is 444. The van der Waals surface area contributed by atoms with Gasteiger partial charge in [0.2, 0.25) is 0 Å². The van der Waals surface area contributed by atoms with Crippen LogP contribution in [0.1, 0.15) is 44.6 Å². The molecule has 1 N–H and O–H groups in total. The summed E-state index contributed by atoms with van der Waals surface area (Å²) >= 11 is 5.94. The highest BCUT2D eigenvalue weighted by atomic mass is 35.5. The van der Waals surface area contributed by atoms with Crippen LogP contribution in [0.15, 0.2) is 24.3 Å². The molecule has 1 fully saturated rings. The van der Waals surface area contributed by atoms with Gasteiger partial charge in [-0.1, -0.05) is 30.2 Å². The Labute approximate surface area is 126 Å². The van der Waals surface area contributed by atoms with Gasteiger partial charge < -0.3 is 10.2 Å². The van der Waals surface area contributed by atoms with Crippen LogP contribution in [0.5, 0.6) is 0 Å². The fourth-order valence-electron chi connectivity index (χ4n) is 2.67. The molecular formula is C16H23ClN2O. The Morgan fingerprint density at radius 1 is 1.30 bits per heavy atom. The Hall–Kier alpha value is -1.22. The number of nitrogens with zero attached hydrogens (tertiary/aromatic N) is 1. The molecule has 1 aliphatic heterocycles. The summed E-state index contributed by atoms with van der Waals surface area (Å²) < 4.78 is 0. The molecule has 0 saturated carbocycles. The van der Waals surface area contributed by atoms with Gasteiger partial charge in [-0.25, -0.2) is 4.79 Å². The standard InChI is InChI=1S/C16H23ClN2O/c1-12(2)18-16(20)19-10-4-3-5-14(11-19)13-6-8-15(17)9-7-13/h6-9,12,14H,3-5,10-11H2,1-2H3,(H,18,20)/t14-/m1/s1. The van der Waals surface area contributed by atoms with Crippen LogP contribution in [0.2, 0.25) is 5.02 Å². The number of rotatable bonds is 2. The fraction of sp³-hybridized carbons (Fsp3) is 0.562. The Morgan fingerprint density at radius 3 is 2.65 bits per heavy atom. The highest BCUT2D eigenvalue weighted by molar-refractivity contribution is 6.30. The van der Waals surface area contributed by atoms with E-state index in [1.165, 1.54) is 12.0 Å². The average molecular weight is 295 g/mol. The van der Waals surface area contributed by atoms with Crippen molar-refractivity contribution < 1.29 is 4.79 Å². The zero-order valence-electron chi connectivity index (χ0n) is 12.2. The Balaban J connectivity index is 2.06. The van der Waals surface area contributed by atoms with Gasteiger partial charge in [-0.05, 0) is 44.4 Å². The molecule has 1 aliphatic rings. The number of carbonyl (C=O) groups is 1. The van der Waals surface area contributed by atoms with E-state index < -0.39 is 0 Å². The van der Waals surface area contributed by atoms with E-state index in [1.807, 2.05) is 30.9 Å². The topological polar surface area (TPSA) is 32.3 Å². The monoisotopic (exact) mass is 294 g/mol. The molecule has 0 aromatic heterocycles. The zero-order chi connectivity index (χ0) is 14.5. The van der Waals surface area contributed by atoms with Gasteiger partial charge in [0, 0.05) is 30.1 Å². The maximum absolute atomic E-state index is 12.2. The minimum absolute atomic E-state index is 0.0564. The van der Waals surface area contributed by atoms with Gasteiger partial charge in [0.1, 0.15) is 0 Å². The molecule has 3 nitrogen and oxygen atoms in total. The highest BCUT2D eigenvalue weighted by Crippen LogP contribution is 2.27. The van der Waals surface area contributed by atoms with Gasteiger partial charge in [0.15, 0.2) is 0 Å². The predicted molar refractivity (Wildman–Crippen MR) is 83.3 cm³/mol. The van der Waals surface area contributed by atoms with Crippen LogP contribution in [0.25, 0.3) is 0 Å². The van der Waals surface area contributed by atoms with E-state index in [1.54, 1.807) is 0 Å². The van der Waals surface area contributed by atoms with Crippen molar-refractivity contribution in [3.8, 4) is 0 Å². The SMILES string of the molecule is CC(C)NC(=O)N1CCCC[C@@H](c2ccc(Cl)cc2)C1. The minimum atomic E-state index is 0.0564. The predicted octanol–water partition coefficient (Wildman–Crippen LogP) is 4.03. The normalized spacial score (nSPS) is 19.8. The molecule has 1 saturated heterocycles. The number of carbonyl (C=O) groups excluding carboxylic acids is 1. The van der Waals surface area contributed by atoms with Crippen LogP contribution in [0.4, 0.5) is 4.79 Å². The molecule has 1 atom stereocenters. The molecule has 110 valence electrons. The summed E-state index contributed by atoms with van der Waals surface area (Å²) in [7, 11) is 0. The van der Waals surface area contributed by atoms with Crippen LogP contribution in [0, 0.1) is 0 Å². The molecule has 0 spiro atoms. The summed E-state index contributed by atoms with van der Waals surface area (Å²) in [6.45, 7) is 5.63. The lowest BCUT2D eigenvalue weighted by Gasteiger charge is -2.26. The lowest BCUT2D eigenvalue weighted by Crippen LogP contribution is -2.44. The molecule has 0 bridgehead atoms. The third kappa shape index (κ3) is 4.14. The molecule has 0 unspecified atom stereocenters. The first-order valence-electron chi connectivity index (χ1n) is 7.37. The van der Waals surface area contributed by atoms with Crippen molar-refractivity contribution in [3.05, 3.63) is 34.9 Å². The largest absolute Gasteiger partial charge is 0.336 e. The van der Waals surface area contributed by atoms with Crippen molar-refractivity contribution in [2.45, 2.75) is 45.1 Å². The van der Waals surface area contributed by atoms with Crippen molar-refractivity contribution in [3.63, 3.8) is 0 Å². The number of urea groups is 1. The maximum atomic E-state index is 12.2. The quantitative estimate of drug-likeness (QED) is 0.877. The summed E-state index contributed by atoms with van der Waals surface area (Å²) in [4.78, 5) is 14.1. The number of nitrogens with one attached hydrogen (secondary N) is 1. The number of halogens is 1. The third-order valence-electron chi connectivity index (χ3n) is 3.71. The van der Waals surface area contributed by atoms with E-state index in [-0.39, 0.29) is 12.1 Å². The fourth-order valence-corrected chi connectivity index (χ4v) is 2.80. The van der Waals surface area contributed by atoms with Crippen LogP contribution < -0.4 is 5.32 Å². The maximum Gasteiger partial charge on any atom is 0.317 e. The lowest BCUT2D eigenvalue weighted by atomic mass is 9.94. The van der Waals surface area contributed by atoms with Gasteiger partial charge in [-0.15, -0.1) is 0 Å². The van der Waals surface area contributed by atoms with Gasteiger partial charge in [-0.3, -0.25) is 0 Å². The number of benzene rings is 1. The highest BCUT2D eigenvalue weighted by Gasteiger charge is 2.23. The molecule has 2 rings (SSSR count). The van der Waals surface area contributed by atoms with Crippen LogP contribution in [-0.4, -0.2) is 30.1 Å². The van der Waals surface area contributed by atoms with Crippen molar-refractivity contribution in [2.75, 3.05) is 13.1 Å². The summed E-state index contributed by atoms with van der Waals surface area (Å²) in [5.74, 6) is 0.410. The van der Waals surface area contributed by atoms with Crippen LogP contribution >= 0.6 is 11.6 Å². The molecule has 1 aromatic rings. The van der Waals surface area contributed by atoms with Crippen molar-refractivity contribution in [1.29, 1.82) is 0 Å². The summed E-state index contributed by atoms with van der Waals surface area (Å²) in [6.07, 6.45) is 3.38. The first-order chi connectivity index (χ1) is 9.56. The number of amides is 2. The van der Waals surface area contributed by atoms with E-state index in [2.05, 4.69) is 17.4 Å². The van der Waals surface area contributed by atoms with Crippen molar-refractivity contribution in [1.82, 2.24) is 10.2 Å². The second-order valence-electron chi connectivity index (χ2n) is 5.79. The van der Waals surface area contributed by atoms with Gasteiger partial charge in [0.05, 0.1) is 0 Å². The molecule has 2 amide bonds. The van der Waals surface area contributed by atoms with E-state index in [9.17, 15) is 4.79 Å². The molecule has 0 radical (unpaired) electrons. The first kappa shape index (κ1) is 15.2. The lowest BCUT2D eigenvalue weighted by molar-refractivity contribution is 0.195. The first-order valence-corrected chi connectivity index (χ1v) is 7.75. The molecule has 0 aliphatic carbocycles. The summed E-state index contributed by atoms with van der Waals surface area (Å²) in [5.41, 5.74) is 1.28. The Morgan fingerprint density at radius 2 is 2.00 bits per heavy atom. The minimum Gasteiger partial charge on any atom is -0.336 e. The van der Waals surface area contributed by atoms with Crippen molar-refractivity contribution >= 4 is 17.6 Å².